The molecule has 0 aliphatic carbocycles. The van der Waals surface area contributed by atoms with Gasteiger partial charge in [-0.15, -0.1) is 11.6 Å². The Labute approximate surface area is 126 Å². The van der Waals surface area contributed by atoms with Crippen molar-refractivity contribution < 1.29 is 13.2 Å². The summed E-state index contributed by atoms with van der Waals surface area (Å²) in [5.74, 6) is 1.60. The number of anilines is 1. The summed E-state index contributed by atoms with van der Waals surface area (Å²) < 4.78 is 28.2. The molecule has 0 heterocycles. The van der Waals surface area contributed by atoms with Gasteiger partial charge >= 0.3 is 0 Å². The van der Waals surface area contributed by atoms with Gasteiger partial charge in [-0.05, 0) is 31.5 Å². The second-order valence-electron chi connectivity index (χ2n) is 4.41. The lowest BCUT2D eigenvalue weighted by Gasteiger charge is -2.12. The third-order valence-corrected chi connectivity index (χ3v) is 4.98. The summed E-state index contributed by atoms with van der Waals surface area (Å²) in [6.07, 6.45) is 0.597. The first-order chi connectivity index (χ1) is 9.52. The lowest BCUT2D eigenvalue weighted by molar-refractivity contribution is 0.337. The Balaban J connectivity index is 2.52. The minimum absolute atomic E-state index is 0.201. The predicted molar refractivity (Wildman–Crippen MR) is 84.6 cm³/mol. The first-order valence-corrected chi connectivity index (χ1v) is 9.14. The maximum Gasteiger partial charge on any atom is 0.150 e. The highest BCUT2D eigenvalue weighted by atomic mass is 35.5. The molecule has 0 fully saturated rings. The van der Waals surface area contributed by atoms with Crippen LogP contribution in [0.3, 0.4) is 0 Å². The van der Waals surface area contributed by atoms with Crippen LogP contribution in [0.5, 0.6) is 5.75 Å². The van der Waals surface area contributed by atoms with Gasteiger partial charge in [-0.2, -0.15) is 0 Å². The molecule has 1 rings (SSSR count). The Morgan fingerprint density at radius 2 is 2.05 bits per heavy atom. The molecule has 0 saturated heterocycles. The highest BCUT2D eigenvalue weighted by molar-refractivity contribution is 7.91. The molecule has 1 aromatic carbocycles. The van der Waals surface area contributed by atoms with Crippen LogP contribution < -0.4 is 10.1 Å². The molecule has 1 N–H and O–H groups in total. The standard InChI is InChI=1S/C14H22ClNO3S/c1-3-19-14-7-6-13(10-12(14)11-15)16-8-5-9-20(17,18)4-2/h6-7,10,16H,3-5,8-9,11H2,1-2H3. The molecular formula is C14H22ClNO3S. The van der Waals surface area contributed by atoms with E-state index in [1.807, 2.05) is 25.1 Å². The first-order valence-electron chi connectivity index (χ1n) is 6.78. The summed E-state index contributed by atoms with van der Waals surface area (Å²) >= 11 is 5.89. The molecule has 0 atom stereocenters. The van der Waals surface area contributed by atoms with E-state index in [0.29, 0.717) is 25.5 Å². The topological polar surface area (TPSA) is 55.4 Å². The van der Waals surface area contributed by atoms with Crippen LogP contribution in [0.25, 0.3) is 0 Å². The third-order valence-electron chi connectivity index (χ3n) is 2.91. The van der Waals surface area contributed by atoms with Gasteiger partial charge < -0.3 is 10.1 Å². The second kappa shape index (κ2) is 8.37. The molecule has 0 aromatic heterocycles. The largest absolute Gasteiger partial charge is 0.494 e. The van der Waals surface area contributed by atoms with Gasteiger partial charge in [0.15, 0.2) is 0 Å². The van der Waals surface area contributed by atoms with E-state index in [1.54, 1.807) is 6.92 Å². The van der Waals surface area contributed by atoms with Crippen LogP contribution in [-0.4, -0.2) is 33.1 Å². The van der Waals surface area contributed by atoms with E-state index in [9.17, 15) is 8.42 Å². The number of hydrogen-bond acceptors (Lipinski definition) is 4. The zero-order valence-electron chi connectivity index (χ0n) is 12.0. The Bertz CT molecular complexity index is 517. The average molecular weight is 320 g/mol. The number of rotatable bonds is 9. The smallest absolute Gasteiger partial charge is 0.150 e. The molecule has 0 saturated carbocycles. The molecule has 6 heteroatoms. The van der Waals surface area contributed by atoms with Crippen LogP contribution >= 0.6 is 11.6 Å². The van der Waals surface area contributed by atoms with Crippen molar-refractivity contribution in [3.05, 3.63) is 23.8 Å². The molecule has 4 nitrogen and oxygen atoms in total. The summed E-state index contributed by atoms with van der Waals surface area (Å²) in [5, 5.41) is 3.21. The molecule has 1 aromatic rings. The molecule has 0 aliphatic rings. The quantitative estimate of drug-likeness (QED) is 0.561. The van der Waals surface area contributed by atoms with E-state index in [1.165, 1.54) is 0 Å². The molecule has 0 aliphatic heterocycles. The van der Waals surface area contributed by atoms with E-state index in [2.05, 4.69) is 5.32 Å². The minimum atomic E-state index is -2.88. The molecule has 0 bridgehead atoms. The average Bonchev–Trinajstić information content (AvgIpc) is 2.45. The Morgan fingerprint density at radius 3 is 2.65 bits per heavy atom. The van der Waals surface area contributed by atoms with Crippen molar-refractivity contribution in [2.45, 2.75) is 26.1 Å². The van der Waals surface area contributed by atoms with Gasteiger partial charge in [0.05, 0.1) is 18.2 Å². The summed E-state index contributed by atoms with van der Waals surface area (Å²) in [7, 11) is -2.88. The highest BCUT2D eigenvalue weighted by Crippen LogP contribution is 2.24. The van der Waals surface area contributed by atoms with Crippen LogP contribution in [0.1, 0.15) is 25.8 Å². The molecule has 0 unspecified atom stereocenters. The van der Waals surface area contributed by atoms with Crippen molar-refractivity contribution >= 4 is 27.1 Å². The zero-order chi connectivity index (χ0) is 15.0. The normalized spacial score (nSPS) is 11.3. The van der Waals surface area contributed by atoms with E-state index in [-0.39, 0.29) is 11.5 Å². The number of ether oxygens (including phenoxy) is 1. The monoisotopic (exact) mass is 319 g/mol. The second-order valence-corrected chi connectivity index (χ2v) is 7.15. The Kier molecular flexibility index (Phi) is 7.16. The molecule has 0 radical (unpaired) electrons. The van der Waals surface area contributed by atoms with Gasteiger partial charge in [0.25, 0.3) is 0 Å². The Morgan fingerprint density at radius 1 is 1.30 bits per heavy atom. The van der Waals surface area contributed by atoms with E-state index in [4.69, 9.17) is 16.3 Å². The fourth-order valence-corrected chi connectivity index (χ4v) is 2.84. The zero-order valence-corrected chi connectivity index (χ0v) is 13.6. The van der Waals surface area contributed by atoms with Crippen molar-refractivity contribution in [1.29, 1.82) is 0 Å². The lowest BCUT2D eigenvalue weighted by atomic mass is 10.2. The van der Waals surface area contributed by atoms with Gasteiger partial charge in [-0.3, -0.25) is 0 Å². The summed E-state index contributed by atoms with van der Waals surface area (Å²) in [5.41, 5.74) is 1.86. The minimum Gasteiger partial charge on any atom is -0.494 e. The van der Waals surface area contributed by atoms with Gasteiger partial charge in [-0.1, -0.05) is 6.92 Å². The fourth-order valence-electron chi connectivity index (χ4n) is 1.76. The number of halogens is 1. The van der Waals surface area contributed by atoms with Gasteiger partial charge in [0, 0.05) is 23.5 Å². The van der Waals surface area contributed by atoms with Crippen molar-refractivity contribution in [3.63, 3.8) is 0 Å². The summed E-state index contributed by atoms with van der Waals surface area (Å²) in [6.45, 7) is 4.82. The van der Waals surface area contributed by atoms with Crippen LogP contribution in [0.2, 0.25) is 0 Å². The fraction of sp³-hybridized carbons (Fsp3) is 0.571. The predicted octanol–water partition coefficient (Wildman–Crippen LogP) is 3.06. The van der Waals surface area contributed by atoms with Crippen LogP contribution in [-0.2, 0) is 15.7 Å². The number of nitrogens with one attached hydrogen (secondary N) is 1. The molecule has 114 valence electrons. The summed E-state index contributed by atoms with van der Waals surface area (Å²) in [6, 6.07) is 5.73. The lowest BCUT2D eigenvalue weighted by Crippen LogP contribution is -2.13. The molecule has 20 heavy (non-hydrogen) atoms. The van der Waals surface area contributed by atoms with Crippen LogP contribution in [0, 0.1) is 0 Å². The highest BCUT2D eigenvalue weighted by Gasteiger charge is 2.07. The molecule has 0 spiro atoms. The maximum absolute atomic E-state index is 11.4. The van der Waals surface area contributed by atoms with Crippen molar-refractivity contribution in [2.24, 2.45) is 0 Å². The number of alkyl halides is 1. The maximum atomic E-state index is 11.4. The third kappa shape index (κ3) is 5.59. The van der Waals surface area contributed by atoms with Crippen molar-refractivity contribution in [3.8, 4) is 5.75 Å². The number of hydrogen-bond donors (Lipinski definition) is 1. The van der Waals surface area contributed by atoms with E-state index in [0.717, 1.165) is 17.0 Å². The van der Waals surface area contributed by atoms with Crippen molar-refractivity contribution in [2.75, 3.05) is 30.0 Å². The van der Waals surface area contributed by atoms with E-state index >= 15 is 0 Å². The Hall–Kier alpha value is -0.940. The van der Waals surface area contributed by atoms with Gasteiger partial charge in [0.1, 0.15) is 15.6 Å². The van der Waals surface area contributed by atoms with Crippen LogP contribution in [0.15, 0.2) is 18.2 Å². The van der Waals surface area contributed by atoms with Crippen LogP contribution in [0.4, 0.5) is 5.69 Å². The van der Waals surface area contributed by atoms with Crippen molar-refractivity contribution in [1.82, 2.24) is 0 Å². The number of benzene rings is 1. The molecule has 0 amide bonds. The summed E-state index contributed by atoms with van der Waals surface area (Å²) in [4.78, 5) is 0. The van der Waals surface area contributed by atoms with Gasteiger partial charge in [-0.25, -0.2) is 8.42 Å². The first kappa shape index (κ1) is 17.1. The number of sulfone groups is 1. The molecular weight excluding hydrogens is 298 g/mol. The van der Waals surface area contributed by atoms with Gasteiger partial charge in [0.2, 0.25) is 0 Å². The van der Waals surface area contributed by atoms with E-state index < -0.39 is 9.84 Å². The SMILES string of the molecule is CCOc1ccc(NCCCS(=O)(=O)CC)cc1CCl.